The molecule has 1 aliphatic heterocycles. The highest BCUT2D eigenvalue weighted by molar-refractivity contribution is 5.85. The second-order valence-corrected chi connectivity index (χ2v) is 3.16. The van der Waals surface area contributed by atoms with E-state index in [2.05, 4.69) is 0 Å². The van der Waals surface area contributed by atoms with E-state index < -0.39 is 5.54 Å². The van der Waals surface area contributed by atoms with E-state index in [1.807, 2.05) is 6.07 Å². The summed E-state index contributed by atoms with van der Waals surface area (Å²) in [5.41, 5.74) is 6.26. The van der Waals surface area contributed by atoms with Gasteiger partial charge in [-0.15, -0.1) is 12.4 Å². The quantitative estimate of drug-likeness (QED) is 0.750. The summed E-state index contributed by atoms with van der Waals surface area (Å²) in [4.78, 5) is 0. The summed E-state index contributed by atoms with van der Waals surface area (Å²) >= 11 is 0. The molecular formula is C9H11ClFNO. The van der Waals surface area contributed by atoms with Gasteiger partial charge in [0.15, 0.2) is 0 Å². The molecular weight excluding hydrogens is 193 g/mol. The van der Waals surface area contributed by atoms with Gasteiger partial charge in [0.1, 0.15) is 5.82 Å². The highest BCUT2D eigenvalue weighted by atomic mass is 35.5. The van der Waals surface area contributed by atoms with Crippen molar-refractivity contribution in [2.75, 3.05) is 13.2 Å². The fraction of sp³-hybridized carbons (Fsp3) is 0.333. The van der Waals surface area contributed by atoms with Gasteiger partial charge in [0.2, 0.25) is 0 Å². The third kappa shape index (κ3) is 1.82. The number of rotatable bonds is 1. The molecule has 1 aromatic carbocycles. The van der Waals surface area contributed by atoms with Crippen LogP contribution in [0.25, 0.3) is 0 Å². The van der Waals surface area contributed by atoms with Crippen molar-refractivity contribution in [3.63, 3.8) is 0 Å². The number of hydrogen-bond donors (Lipinski definition) is 1. The van der Waals surface area contributed by atoms with Crippen LogP contribution in [0.15, 0.2) is 24.3 Å². The number of hydrogen-bond acceptors (Lipinski definition) is 2. The molecule has 13 heavy (non-hydrogen) atoms. The number of halogens is 2. The first-order valence-corrected chi connectivity index (χ1v) is 3.83. The maximum atomic E-state index is 12.8. The number of nitrogens with two attached hydrogens (primary N) is 1. The fourth-order valence-corrected chi connectivity index (χ4v) is 1.29. The molecule has 72 valence electrons. The van der Waals surface area contributed by atoms with Crippen molar-refractivity contribution >= 4 is 12.4 Å². The van der Waals surface area contributed by atoms with Gasteiger partial charge in [-0.05, 0) is 17.7 Å². The molecule has 4 heteroatoms. The van der Waals surface area contributed by atoms with Crippen LogP contribution < -0.4 is 5.73 Å². The molecule has 2 N–H and O–H groups in total. The molecule has 0 aromatic heterocycles. The first kappa shape index (κ1) is 10.4. The lowest BCUT2D eigenvalue weighted by Gasteiger charge is -2.38. The Hall–Kier alpha value is -0.640. The van der Waals surface area contributed by atoms with E-state index in [4.69, 9.17) is 10.5 Å². The highest BCUT2D eigenvalue weighted by Crippen LogP contribution is 2.26. The predicted molar refractivity (Wildman–Crippen MR) is 50.3 cm³/mol. The molecule has 1 heterocycles. The molecule has 1 fully saturated rings. The van der Waals surface area contributed by atoms with E-state index in [9.17, 15) is 4.39 Å². The molecule has 2 nitrogen and oxygen atoms in total. The largest absolute Gasteiger partial charge is 0.377 e. The zero-order valence-corrected chi connectivity index (χ0v) is 7.81. The second kappa shape index (κ2) is 3.62. The number of ether oxygens (including phenoxy) is 1. The molecule has 0 spiro atoms. The Kier molecular flexibility index (Phi) is 2.91. The van der Waals surface area contributed by atoms with Gasteiger partial charge >= 0.3 is 0 Å². The third-order valence-corrected chi connectivity index (χ3v) is 2.12. The third-order valence-electron chi connectivity index (χ3n) is 2.12. The fourth-order valence-electron chi connectivity index (χ4n) is 1.29. The van der Waals surface area contributed by atoms with E-state index >= 15 is 0 Å². The summed E-state index contributed by atoms with van der Waals surface area (Å²) in [6.07, 6.45) is 0. The van der Waals surface area contributed by atoms with E-state index in [-0.39, 0.29) is 18.2 Å². The Balaban J connectivity index is 0.000000845. The Labute approximate surface area is 82.3 Å². The molecule has 0 saturated carbocycles. The molecule has 0 bridgehead atoms. The van der Waals surface area contributed by atoms with Gasteiger partial charge < -0.3 is 10.5 Å². The van der Waals surface area contributed by atoms with E-state index in [1.54, 1.807) is 6.07 Å². The molecule has 0 atom stereocenters. The Bertz CT molecular complexity index is 301. The van der Waals surface area contributed by atoms with Gasteiger partial charge in [-0.25, -0.2) is 4.39 Å². The molecule has 0 aliphatic carbocycles. The van der Waals surface area contributed by atoms with Crippen molar-refractivity contribution in [2.45, 2.75) is 5.54 Å². The average molecular weight is 204 g/mol. The molecule has 2 rings (SSSR count). The van der Waals surface area contributed by atoms with Crippen LogP contribution in [0.1, 0.15) is 5.56 Å². The van der Waals surface area contributed by atoms with Gasteiger partial charge in [0.25, 0.3) is 0 Å². The van der Waals surface area contributed by atoms with Crippen LogP contribution >= 0.6 is 12.4 Å². The zero-order valence-electron chi connectivity index (χ0n) is 7.00. The predicted octanol–water partition coefficient (Wildman–Crippen LogP) is 1.43. The van der Waals surface area contributed by atoms with Crippen molar-refractivity contribution in [1.82, 2.24) is 0 Å². The van der Waals surface area contributed by atoms with E-state index in [0.717, 1.165) is 5.56 Å². The van der Waals surface area contributed by atoms with Gasteiger partial charge in [-0.3, -0.25) is 0 Å². The van der Waals surface area contributed by atoms with Gasteiger partial charge in [0, 0.05) is 0 Å². The monoisotopic (exact) mass is 203 g/mol. The van der Waals surface area contributed by atoms with Crippen LogP contribution in [-0.4, -0.2) is 13.2 Å². The summed E-state index contributed by atoms with van der Waals surface area (Å²) < 4.78 is 17.7. The molecule has 0 amide bonds. The summed E-state index contributed by atoms with van der Waals surface area (Å²) in [7, 11) is 0. The summed E-state index contributed by atoms with van der Waals surface area (Å²) in [5, 5.41) is 0. The molecule has 0 radical (unpaired) electrons. The lowest BCUT2D eigenvalue weighted by Crippen LogP contribution is -2.54. The van der Waals surface area contributed by atoms with E-state index in [1.165, 1.54) is 12.1 Å². The van der Waals surface area contributed by atoms with Crippen molar-refractivity contribution in [1.29, 1.82) is 0 Å². The smallest absolute Gasteiger partial charge is 0.123 e. The molecule has 1 aliphatic rings. The minimum atomic E-state index is -0.456. The Morgan fingerprint density at radius 2 is 2.08 bits per heavy atom. The van der Waals surface area contributed by atoms with Crippen LogP contribution in [0.5, 0.6) is 0 Å². The average Bonchev–Trinajstić information content (AvgIpc) is 2.00. The van der Waals surface area contributed by atoms with Gasteiger partial charge in [-0.2, -0.15) is 0 Å². The minimum Gasteiger partial charge on any atom is -0.377 e. The second-order valence-electron chi connectivity index (χ2n) is 3.16. The first-order chi connectivity index (χ1) is 5.71. The molecule has 0 unspecified atom stereocenters. The van der Waals surface area contributed by atoms with Crippen molar-refractivity contribution in [3.8, 4) is 0 Å². The van der Waals surface area contributed by atoms with Gasteiger partial charge in [0.05, 0.1) is 18.8 Å². The highest BCUT2D eigenvalue weighted by Gasteiger charge is 2.35. The zero-order chi connectivity index (χ0) is 8.60. The van der Waals surface area contributed by atoms with Crippen molar-refractivity contribution in [2.24, 2.45) is 5.73 Å². The normalized spacial score (nSPS) is 18.6. The molecule has 1 aromatic rings. The maximum absolute atomic E-state index is 12.8. The standard InChI is InChI=1S/C9H10FNO.ClH/c10-8-3-1-2-7(4-8)9(11)5-12-6-9;/h1-4H,5-6,11H2;1H. The summed E-state index contributed by atoms with van der Waals surface area (Å²) in [6.45, 7) is 0.965. The Morgan fingerprint density at radius 1 is 1.38 bits per heavy atom. The van der Waals surface area contributed by atoms with Crippen molar-refractivity contribution < 1.29 is 9.13 Å². The minimum absolute atomic E-state index is 0. The topological polar surface area (TPSA) is 35.2 Å². The summed E-state index contributed by atoms with van der Waals surface area (Å²) in [6, 6.07) is 6.36. The lowest BCUT2D eigenvalue weighted by atomic mass is 9.89. The first-order valence-electron chi connectivity index (χ1n) is 3.83. The van der Waals surface area contributed by atoms with Crippen molar-refractivity contribution in [3.05, 3.63) is 35.6 Å². The summed E-state index contributed by atoms with van der Waals surface area (Å²) in [5.74, 6) is -0.246. The molecule has 1 saturated heterocycles. The number of benzene rings is 1. The Morgan fingerprint density at radius 3 is 2.54 bits per heavy atom. The lowest BCUT2D eigenvalue weighted by molar-refractivity contribution is -0.0570. The SMILES string of the molecule is Cl.NC1(c2cccc(F)c2)COC1. The van der Waals surface area contributed by atoms with Crippen LogP contribution in [0.2, 0.25) is 0 Å². The van der Waals surface area contributed by atoms with E-state index in [0.29, 0.717) is 13.2 Å². The van der Waals surface area contributed by atoms with Crippen LogP contribution in [0.4, 0.5) is 4.39 Å². The van der Waals surface area contributed by atoms with Crippen LogP contribution in [0.3, 0.4) is 0 Å². The maximum Gasteiger partial charge on any atom is 0.123 e. The van der Waals surface area contributed by atoms with Gasteiger partial charge in [-0.1, -0.05) is 12.1 Å². The van der Waals surface area contributed by atoms with Crippen LogP contribution in [0, 0.1) is 5.82 Å². The van der Waals surface area contributed by atoms with Crippen LogP contribution in [-0.2, 0) is 10.3 Å².